The Morgan fingerprint density at radius 3 is 2.10 bits per heavy atom. The molecular formula is C18H33NO2. The molecule has 0 fully saturated rings. The molecule has 0 radical (unpaired) electrons. The largest absolute Gasteiger partial charge is 0.489 e. The first-order valence-electron chi connectivity index (χ1n) is 8.90. The number of hydrogen-bond donors (Lipinski definition) is 0. The number of aromatic nitrogens is 1. The Morgan fingerprint density at radius 1 is 0.952 bits per heavy atom. The van der Waals surface area contributed by atoms with E-state index in [1.165, 1.54) is 64.2 Å². The topological polar surface area (TPSA) is 35.3 Å². The van der Waals surface area contributed by atoms with E-state index in [2.05, 4.69) is 19.0 Å². The highest BCUT2D eigenvalue weighted by Crippen LogP contribution is 2.33. The fourth-order valence-electron chi connectivity index (χ4n) is 2.83. The SMILES string of the molecule is CCCCCCC(CCCCCC)c1nocc1OCC. The molecule has 0 bridgehead atoms. The van der Waals surface area contributed by atoms with Gasteiger partial charge in [-0.1, -0.05) is 70.4 Å². The van der Waals surface area contributed by atoms with E-state index >= 15 is 0 Å². The zero-order chi connectivity index (χ0) is 15.3. The number of unbranched alkanes of at least 4 members (excludes halogenated alkanes) is 6. The lowest BCUT2D eigenvalue weighted by molar-refractivity contribution is 0.329. The monoisotopic (exact) mass is 295 g/mol. The van der Waals surface area contributed by atoms with Crippen molar-refractivity contribution >= 4 is 0 Å². The van der Waals surface area contributed by atoms with Crippen LogP contribution in [0.5, 0.6) is 5.75 Å². The molecule has 0 aliphatic rings. The number of ether oxygens (including phenoxy) is 1. The highest BCUT2D eigenvalue weighted by atomic mass is 16.5. The van der Waals surface area contributed by atoms with Gasteiger partial charge in [-0.3, -0.25) is 0 Å². The summed E-state index contributed by atoms with van der Waals surface area (Å²) in [5, 5.41) is 4.23. The molecule has 0 aromatic carbocycles. The number of nitrogens with zero attached hydrogens (tertiary/aromatic N) is 1. The van der Waals surface area contributed by atoms with Gasteiger partial charge in [-0.25, -0.2) is 0 Å². The van der Waals surface area contributed by atoms with Gasteiger partial charge in [0.1, 0.15) is 5.69 Å². The molecule has 21 heavy (non-hydrogen) atoms. The molecule has 1 aromatic rings. The van der Waals surface area contributed by atoms with Gasteiger partial charge in [-0.15, -0.1) is 0 Å². The van der Waals surface area contributed by atoms with Gasteiger partial charge in [-0.2, -0.15) is 0 Å². The van der Waals surface area contributed by atoms with Crippen molar-refractivity contribution < 1.29 is 9.26 Å². The molecule has 0 saturated heterocycles. The normalized spacial score (nSPS) is 11.2. The van der Waals surface area contributed by atoms with Crippen molar-refractivity contribution in [2.45, 2.75) is 90.9 Å². The average molecular weight is 295 g/mol. The van der Waals surface area contributed by atoms with Crippen LogP contribution < -0.4 is 4.74 Å². The van der Waals surface area contributed by atoms with E-state index in [9.17, 15) is 0 Å². The molecule has 3 nitrogen and oxygen atoms in total. The first-order chi connectivity index (χ1) is 10.3. The lowest BCUT2D eigenvalue weighted by Crippen LogP contribution is -2.03. The summed E-state index contributed by atoms with van der Waals surface area (Å²) in [6, 6.07) is 0. The molecule has 1 heterocycles. The van der Waals surface area contributed by atoms with Gasteiger partial charge in [-0.05, 0) is 19.8 Å². The highest BCUT2D eigenvalue weighted by molar-refractivity contribution is 5.26. The van der Waals surface area contributed by atoms with Crippen LogP contribution in [0.2, 0.25) is 0 Å². The Labute approximate surface area is 130 Å². The Bertz CT molecular complexity index is 337. The van der Waals surface area contributed by atoms with Crippen LogP contribution in [0.15, 0.2) is 10.8 Å². The van der Waals surface area contributed by atoms with E-state index in [1.807, 2.05) is 6.92 Å². The molecular weight excluding hydrogens is 262 g/mol. The van der Waals surface area contributed by atoms with Crippen LogP contribution in [0.3, 0.4) is 0 Å². The Morgan fingerprint density at radius 2 is 1.57 bits per heavy atom. The molecule has 0 amide bonds. The summed E-state index contributed by atoms with van der Waals surface area (Å²) in [6.07, 6.45) is 14.5. The molecule has 0 spiro atoms. The average Bonchev–Trinajstić information content (AvgIpc) is 2.94. The van der Waals surface area contributed by atoms with Crippen molar-refractivity contribution in [2.24, 2.45) is 0 Å². The number of rotatable bonds is 13. The van der Waals surface area contributed by atoms with Crippen LogP contribution in [0.1, 0.15) is 96.6 Å². The maximum absolute atomic E-state index is 5.66. The van der Waals surface area contributed by atoms with Gasteiger partial charge >= 0.3 is 0 Å². The molecule has 1 aromatic heterocycles. The zero-order valence-corrected chi connectivity index (χ0v) is 14.2. The second-order valence-electron chi connectivity index (χ2n) is 5.89. The first kappa shape index (κ1) is 18.1. The summed E-state index contributed by atoms with van der Waals surface area (Å²) in [5.74, 6) is 1.35. The molecule has 3 heteroatoms. The van der Waals surface area contributed by atoms with Crippen LogP contribution in [0, 0.1) is 0 Å². The van der Waals surface area contributed by atoms with Gasteiger partial charge in [0, 0.05) is 5.92 Å². The minimum Gasteiger partial charge on any atom is -0.489 e. The van der Waals surface area contributed by atoms with Crippen LogP contribution in [0.4, 0.5) is 0 Å². The molecule has 0 aliphatic carbocycles. The van der Waals surface area contributed by atoms with E-state index in [0.717, 1.165) is 11.4 Å². The van der Waals surface area contributed by atoms with Crippen molar-refractivity contribution in [3.05, 3.63) is 12.0 Å². The standard InChI is InChI=1S/C18H33NO2/c1-4-7-9-11-13-16(14-12-10-8-5-2)18-17(20-6-3)15-21-19-18/h15-16H,4-14H2,1-3H3. The summed E-state index contributed by atoms with van der Waals surface area (Å²) in [7, 11) is 0. The lowest BCUT2D eigenvalue weighted by atomic mass is 9.91. The smallest absolute Gasteiger partial charge is 0.182 e. The summed E-state index contributed by atoms with van der Waals surface area (Å²) < 4.78 is 10.8. The Hall–Kier alpha value is -0.990. The van der Waals surface area contributed by atoms with Gasteiger partial charge < -0.3 is 9.26 Å². The van der Waals surface area contributed by atoms with Gasteiger partial charge in [0.2, 0.25) is 0 Å². The summed E-state index contributed by atoms with van der Waals surface area (Å²) in [5.41, 5.74) is 1.05. The molecule has 0 N–H and O–H groups in total. The maximum Gasteiger partial charge on any atom is 0.182 e. The second kappa shape index (κ2) is 11.6. The minimum atomic E-state index is 0.499. The molecule has 0 unspecified atom stereocenters. The third-order valence-corrected chi connectivity index (χ3v) is 4.06. The van der Waals surface area contributed by atoms with Crippen molar-refractivity contribution in [2.75, 3.05) is 6.61 Å². The minimum absolute atomic E-state index is 0.499. The van der Waals surface area contributed by atoms with Gasteiger partial charge in [0.05, 0.1) is 6.61 Å². The Kier molecular flexibility index (Phi) is 10.0. The van der Waals surface area contributed by atoms with Crippen molar-refractivity contribution in [1.82, 2.24) is 5.16 Å². The summed E-state index contributed by atoms with van der Waals surface area (Å²) >= 11 is 0. The van der Waals surface area contributed by atoms with E-state index < -0.39 is 0 Å². The summed E-state index contributed by atoms with van der Waals surface area (Å²) in [4.78, 5) is 0. The molecule has 0 atom stereocenters. The van der Waals surface area contributed by atoms with E-state index in [1.54, 1.807) is 6.26 Å². The lowest BCUT2D eigenvalue weighted by Gasteiger charge is -2.15. The van der Waals surface area contributed by atoms with Gasteiger partial charge in [0.25, 0.3) is 0 Å². The van der Waals surface area contributed by atoms with Crippen LogP contribution in [-0.2, 0) is 0 Å². The van der Waals surface area contributed by atoms with Crippen LogP contribution in [0.25, 0.3) is 0 Å². The van der Waals surface area contributed by atoms with E-state index in [4.69, 9.17) is 9.26 Å². The molecule has 1 rings (SSSR count). The maximum atomic E-state index is 5.66. The van der Waals surface area contributed by atoms with Crippen molar-refractivity contribution in [3.8, 4) is 5.75 Å². The van der Waals surface area contributed by atoms with Crippen molar-refractivity contribution in [1.29, 1.82) is 0 Å². The molecule has 0 aliphatic heterocycles. The van der Waals surface area contributed by atoms with Crippen LogP contribution >= 0.6 is 0 Å². The van der Waals surface area contributed by atoms with E-state index in [0.29, 0.717) is 12.5 Å². The van der Waals surface area contributed by atoms with Crippen LogP contribution in [-0.4, -0.2) is 11.8 Å². The van der Waals surface area contributed by atoms with E-state index in [-0.39, 0.29) is 0 Å². The highest BCUT2D eigenvalue weighted by Gasteiger charge is 2.20. The second-order valence-corrected chi connectivity index (χ2v) is 5.89. The van der Waals surface area contributed by atoms with Crippen molar-refractivity contribution in [3.63, 3.8) is 0 Å². The predicted molar refractivity (Wildman–Crippen MR) is 87.9 cm³/mol. The quantitative estimate of drug-likeness (QED) is 0.412. The van der Waals surface area contributed by atoms with Gasteiger partial charge in [0.15, 0.2) is 12.0 Å². The first-order valence-corrected chi connectivity index (χ1v) is 8.90. The zero-order valence-electron chi connectivity index (χ0n) is 14.2. The third kappa shape index (κ3) is 7.01. The fourth-order valence-corrected chi connectivity index (χ4v) is 2.83. The number of hydrogen-bond acceptors (Lipinski definition) is 3. The Balaban J connectivity index is 2.54. The molecule has 0 saturated carbocycles. The fraction of sp³-hybridized carbons (Fsp3) is 0.833. The predicted octanol–water partition coefficient (Wildman–Crippen LogP) is 6.10. The summed E-state index contributed by atoms with van der Waals surface area (Å²) in [6.45, 7) is 7.20. The third-order valence-electron chi connectivity index (χ3n) is 4.06. The molecule has 122 valence electrons.